The number of hydrogen-bond donors (Lipinski definition) is 1. The van der Waals surface area contributed by atoms with E-state index in [1.54, 1.807) is 7.11 Å². The van der Waals surface area contributed by atoms with Crippen LogP contribution in [0.2, 0.25) is 0 Å². The van der Waals surface area contributed by atoms with Gasteiger partial charge in [-0.25, -0.2) is 4.98 Å². The Morgan fingerprint density at radius 2 is 1.97 bits per heavy atom. The first-order chi connectivity index (χ1) is 16.0. The van der Waals surface area contributed by atoms with Gasteiger partial charge in [0.15, 0.2) is 5.82 Å². The van der Waals surface area contributed by atoms with E-state index in [1.165, 1.54) is 10.9 Å². The van der Waals surface area contributed by atoms with Crippen molar-refractivity contribution in [3.05, 3.63) is 48.0 Å². The first-order valence-corrected chi connectivity index (χ1v) is 11.7. The smallest absolute Gasteiger partial charge is 0.254 e. The lowest BCUT2D eigenvalue weighted by molar-refractivity contribution is 0.0790. The van der Waals surface area contributed by atoms with Gasteiger partial charge < -0.3 is 24.5 Å². The zero-order valence-corrected chi connectivity index (χ0v) is 20.1. The summed E-state index contributed by atoms with van der Waals surface area (Å²) in [5.41, 5.74) is 10.4. The maximum atomic E-state index is 13.1. The molecule has 3 heterocycles. The molecule has 0 aliphatic carbocycles. The van der Waals surface area contributed by atoms with Crippen LogP contribution in [0.5, 0.6) is 5.75 Å². The summed E-state index contributed by atoms with van der Waals surface area (Å²) >= 11 is 0. The maximum absolute atomic E-state index is 13.1. The number of amides is 1. The van der Waals surface area contributed by atoms with Gasteiger partial charge in [0, 0.05) is 49.2 Å². The van der Waals surface area contributed by atoms with E-state index in [4.69, 9.17) is 15.5 Å². The molecule has 4 aromatic rings. The molecule has 0 radical (unpaired) electrons. The fourth-order valence-electron chi connectivity index (χ4n) is 4.71. The Kier molecular flexibility index (Phi) is 6.42. The Morgan fingerprint density at radius 3 is 2.64 bits per heavy atom. The second-order valence-corrected chi connectivity index (χ2v) is 8.17. The molecule has 33 heavy (non-hydrogen) atoms. The highest BCUT2D eigenvalue weighted by Crippen LogP contribution is 2.34. The minimum absolute atomic E-state index is 0.0250. The van der Waals surface area contributed by atoms with Gasteiger partial charge in [-0.05, 0) is 37.6 Å². The molecule has 1 aliphatic rings. The van der Waals surface area contributed by atoms with Crippen LogP contribution >= 0.6 is 0 Å². The van der Waals surface area contributed by atoms with Gasteiger partial charge in [0.25, 0.3) is 5.91 Å². The van der Waals surface area contributed by atoms with Gasteiger partial charge in [0.05, 0.1) is 18.3 Å². The van der Waals surface area contributed by atoms with Crippen molar-refractivity contribution in [2.45, 2.75) is 39.8 Å². The quantitative estimate of drug-likeness (QED) is 0.502. The number of rotatable bonds is 4. The lowest BCUT2D eigenvalue weighted by Crippen LogP contribution is -2.31. The number of para-hydroxylation sites is 1. The van der Waals surface area contributed by atoms with Crippen LogP contribution in [0.15, 0.2) is 42.5 Å². The van der Waals surface area contributed by atoms with Crippen LogP contribution in [0.1, 0.15) is 37.6 Å². The van der Waals surface area contributed by atoms with Crippen LogP contribution in [0, 0.1) is 0 Å². The lowest BCUT2D eigenvalue weighted by Gasteiger charge is -2.16. The third-order valence-electron chi connectivity index (χ3n) is 6.27. The second kappa shape index (κ2) is 9.27. The maximum Gasteiger partial charge on any atom is 0.254 e. The topological polar surface area (TPSA) is 78.3 Å². The molecule has 1 amide bonds. The molecule has 2 N–H and O–H groups in total. The molecule has 7 heteroatoms. The van der Waals surface area contributed by atoms with Crippen molar-refractivity contribution in [3.63, 3.8) is 0 Å². The second-order valence-electron chi connectivity index (χ2n) is 8.17. The van der Waals surface area contributed by atoms with Crippen LogP contribution in [0.3, 0.4) is 0 Å². The summed E-state index contributed by atoms with van der Waals surface area (Å²) in [7, 11) is 3.62. The van der Waals surface area contributed by atoms with E-state index in [-0.39, 0.29) is 11.9 Å². The molecule has 1 unspecified atom stereocenters. The largest absolute Gasteiger partial charge is 0.494 e. The number of carbonyl (C=O) groups excluding carboxylic acids is 1. The summed E-state index contributed by atoms with van der Waals surface area (Å²) in [6, 6.07) is 14.2. The molecule has 174 valence electrons. The molecule has 0 spiro atoms. The minimum Gasteiger partial charge on any atom is -0.494 e. The number of likely N-dealkylation sites (tertiary alicyclic amines) is 1. The number of ether oxygens (including phenoxy) is 1. The number of carbonyl (C=O) groups is 1. The number of aromatic nitrogens is 3. The number of aryl methyl sites for hydroxylation is 2. The van der Waals surface area contributed by atoms with Gasteiger partial charge in [0.1, 0.15) is 11.3 Å². The van der Waals surface area contributed by atoms with Crippen molar-refractivity contribution < 1.29 is 9.53 Å². The highest BCUT2D eigenvalue weighted by molar-refractivity contribution is 6.00. The van der Waals surface area contributed by atoms with Gasteiger partial charge in [-0.3, -0.25) is 4.79 Å². The molecule has 1 aliphatic heterocycles. The first-order valence-electron chi connectivity index (χ1n) is 11.7. The Labute approximate surface area is 194 Å². The molecule has 1 atom stereocenters. The molecular weight excluding hydrogens is 414 g/mol. The highest BCUT2D eigenvalue weighted by Gasteiger charge is 2.26. The minimum atomic E-state index is -0.0250. The molecule has 0 saturated carbocycles. The lowest BCUT2D eigenvalue weighted by atomic mass is 10.1. The van der Waals surface area contributed by atoms with Crippen molar-refractivity contribution in [1.82, 2.24) is 19.0 Å². The van der Waals surface area contributed by atoms with Gasteiger partial charge in [0.2, 0.25) is 0 Å². The Hall–Kier alpha value is -3.32. The van der Waals surface area contributed by atoms with Gasteiger partial charge in [-0.2, -0.15) is 0 Å². The van der Waals surface area contributed by atoms with E-state index in [2.05, 4.69) is 40.3 Å². The third kappa shape index (κ3) is 3.86. The van der Waals surface area contributed by atoms with Crippen molar-refractivity contribution in [2.24, 2.45) is 12.8 Å². The van der Waals surface area contributed by atoms with E-state index in [0.29, 0.717) is 24.4 Å². The van der Waals surface area contributed by atoms with E-state index in [0.717, 1.165) is 35.5 Å². The molecule has 5 rings (SSSR count). The van der Waals surface area contributed by atoms with Crippen LogP contribution in [0.25, 0.3) is 33.5 Å². The average molecular weight is 448 g/mol. The van der Waals surface area contributed by atoms with E-state index in [9.17, 15) is 4.79 Å². The number of nitrogens with two attached hydrogens (primary N) is 1. The number of benzene rings is 2. The summed E-state index contributed by atoms with van der Waals surface area (Å²) in [5.74, 6) is 1.46. The Balaban J connectivity index is 0.00000126. The van der Waals surface area contributed by atoms with Gasteiger partial charge in [-0.1, -0.05) is 32.0 Å². The summed E-state index contributed by atoms with van der Waals surface area (Å²) in [4.78, 5) is 19.8. The molecule has 0 bridgehead atoms. The SMILES string of the molecule is CC.CCn1c(-c2nc3cc(C(=O)N4CCC(N)C4)cc(OC)c3n2C)cc2ccccc21. The van der Waals surface area contributed by atoms with Crippen molar-refractivity contribution >= 4 is 27.8 Å². The molecule has 2 aromatic carbocycles. The first kappa shape index (κ1) is 22.9. The van der Waals surface area contributed by atoms with Crippen molar-refractivity contribution in [3.8, 4) is 17.3 Å². The van der Waals surface area contributed by atoms with Crippen LogP contribution in [-0.2, 0) is 13.6 Å². The number of imidazole rings is 1. The zero-order valence-electron chi connectivity index (χ0n) is 20.1. The number of methoxy groups -OCH3 is 1. The predicted octanol–water partition coefficient (Wildman–Crippen LogP) is 4.42. The Bertz CT molecular complexity index is 1300. The van der Waals surface area contributed by atoms with Crippen LogP contribution < -0.4 is 10.5 Å². The molecule has 7 nitrogen and oxygen atoms in total. The fraction of sp³-hybridized carbons (Fsp3) is 0.385. The molecule has 1 saturated heterocycles. The van der Waals surface area contributed by atoms with E-state index in [1.807, 2.05) is 44.0 Å². The fourth-order valence-corrected chi connectivity index (χ4v) is 4.71. The van der Waals surface area contributed by atoms with Crippen molar-refractivity contribution in [2.75, 3.05) is 20.2 Å². The summed E-state index contributed by atoms with van der Waals surface area (Å²) in [6.45, 7) is 8.24. The summed E-state index contributed by atoms with van der Waals surface area (Å²) in [6.07, 6.45) is 0.834. The monoisotopic (exact) mass is 447 g/mol. The summed E-state index contributed by atoms with van der Waals surface area (Å²) in [5, 5.41) is 1.18. The highest BCUT2D eigenvalue weighted by atomic mass is 16.5. The van der Waals surface area contributed by atoms with Gasteiger partial charge in [-0.15, -0.1) is 0 Å². The molecule has 2 aromatic heterocycles. The van der Waals surface area contributed by atoms with Crippen molar-refractivity contribution in [1.29, 1.82) is 0 Å². The number of nitrogens with zero attached hydrogens (tertiary/aromatic N) is 4. The van der Waals surface area contributed by atoms with E-state index >= 15 is 0 Å². The third-order valence-corrected chi connectivity index (χ3v) is 6.27. The average Bonchev–Trinajstić information content (AvgIpc) is 3.54. The summed E-state index contributed by atoms with van der Waals surface area (Å²) < 4.78 is 10.00. The Morgan fingerprint density at radius 1 is 1.21 bits per heavy atom. The standard InChI is InChI=1S/C24H27N5O2.C2H6/c1-4-29-19-8-6-5-7-15(19)12-20(29)23-26-18-11-16(13-21(31-3)22(18)27(23)2)24(30)28-10-9-17(25)14-28;1-2/h5-8,11-13,17H,4,9-10,14,25H2,1-3H3;1-2H3. The molecular formula is C26H33N5O2. The van der Waals surface area contributed by atoms with Gasteiger partial charge >= 0.3 is 0 Å². The number of fused-ring (bicyclic) bond motifs is 2. The van der Waals surface area contributed by atoms with Crippen LogP contribution in [0.4, 0.5) is 0 Å². The van der Waals surface area contributed by atoms with E-state index < -0.39 is 0 Å². The zero-order chi connectivity index (χ0) is 23.7. The predicted molar refractivity (Wildman–Crippen MR) is 134 cm³/mol. The normalized spacial score (nSPS) is 15.7. The molecule has 1 fully saturated rings. The number of hydrogen-bond acceptors (Lipinski definition) is 4. The van der Waals surface area contributed by atoms with Crippen LogP contribution in [-0.4, -0.2) is 51.2 Å².